The highest BCUT2D eigenvalue weighted by Gasteiger charge is 2.19. The molecule has 17 heavy (non-hydrogen) atoms. The molecule has 1 aliphatic carbocycles. The number of fused-ring (bicyclic) bond motifs is 1. The first-order chi connectivity index (χ1) is 8.24. The Balaban J connectivity index is 2.17. The second-order valence-electron chi connectivity index (χ2n) is 5.31. The van der Waals surface area contributed by atoms with E-state index < -0.39 is 0 Å². The van der Waals surface area contributed by atoms with Gasteiger partial charge in [-0.15, -0.1) is 0 Å². The fourth-order valence-corrected chi connectivity index (χ4v) is 2.74. The van der Waals surface area contributed by atoms with Crippen LogP contribution in [0.25, 0.3) is 0 Å². The molecule has 0 aliphatic heterocycles. The molecule has 2 N–H and O–H groups in total. The van der Waals surface area contributed by atoms with Crippen molar-refractivity contribution in [1.29, 1.82) is 0 Å². The molecule has 1 aromatic heterocycles. The lowest BCUT2D eigenvalue weighted by Gasteiger charge is -2.13. The summed E-state index contributed by atoms with van der Waals surface area (Å²) in [5.74, 6) is 0.332. The van der Waals surface area contributed by atoms with Crippen molar-refractivity contribution in [1.82, 2.24) is 9.88 Å². The van der Waals surface area contributed by atoms with Crippen molar-refractivity contribution < 1.29 is 5.11 Å². The number of aromatic nitrogens is 1. The second-order valence-corrected chi connectivity index (χ2v) is 5.31. The van der Waals surface area contributed by atoms with Crippen LogP contribution in [0.15, 0.2) is 12.4 Å². The fraction of sp³-hybridized carbons (Fsp3) is 0.714. The van der Waals surface area contributed by atoms with Gasteiger partial charge in [-0.25, -0.2) is 0 Å². The molecule has 0 fully saturated rings. The lowest BCUT2D eigenvalue weighted by atomic mass is 10.1. The van der Waals surface area contributed by atoms with E-state index in [-0.39, 0.29) is 6.61 Å². The molecule has 1 aliphatic rings. The zero-order chi connectivity index (χ0) is 12.3. The first-order valence-electron chi connectivity index (χ1n) is 6.71. The van der Waals surface area contributed by atoms with Gasteiger partial charge in [0.25, 0.3) is 0 Å². The van der Waals surface area contributed by atoms with E-state index in [9.17, 15) is 0 Å². The van der Waals surface area contributed by atoms with Gasteiger partial charge in [0.2, 0.25) is 0 Å². The van der Waals surface area contributed by atoms with E-state index in [1.807, 2.05) is 7.05 Å². The van der Waals surface area contributed by atoms with E-state index in [1.165, 1.54) is 36.8 Å². The van der Waals surface area contributed by atoms with Crippen LogP contribution in [0.4, 0.5) is 0 Å². The Bertz CT molecular complexity index is 359. The van der Waals surface area contributed by atoms with E-state index in [0.717, 1.165) is 6.54 Å². The molecule has 2 atom stereocenters. The summed E-state index contributed by atoms with van der Waals surface area (Å²) in [5.41, 5.74) is 2.96. The van der Waals surface area contributed by atoms with Gasteiger partial charge in [-0.2, -0.15) is 0 Å². The standard InChI is InChI=1S/C14H24N2O/c1-11(10-17)7-16-8-12-5-3-4-6-14(15-2)13(12)9-16/h8-9,11,14-15,17H,3-7,10H2,1-2H3. The van der Waals surface area contributed by atoms with Crippen molar-refractivity contribution in [3.05, 3.63) is 23.5 Å². The van der Waals surface area contributed by atoms with Gasteiger partial charge in [0.1, 0.15) is 0 Å². The SMILES string of the molecule is CNC1CCCCc2cn(CC(C)CO)cc21. The van der Waals surface area contributed by atoms with E-state index in [1.54, 1.807) is 0 Å². The average Bonchev–Trinajstić information content (AvgIpc) is 2.62. The smallest absolute Gasteiger partial charge is 0.0473 e. The van der Waals surface area contributed by atoms with Crippen LogP contribution in [0.5, 0.6) is 0 Å². The summed E-state index contributed by atoms with van der Waals surface area (Å²) < 4.78 is 2.25. The Labute approximate surface area is 104 Å². The summed E-state index contributed by atoms with van der Waals surface area (Å²) in [6.45, 7) is 3.26. The Morgan fingerprint density at radius 1 is 1.47 bits per heavy atom. The summed E-state index contributed by atoms with van der Waals surface area (Å²) in [5, 5.41) is 12.5. The number of aliphatic hydroxyl groups excluding tert-OH is 1. The molecule has 2 unspecified atom stereocenters. The number of nitrogens with one attached hydrogen (secondary N) is 1. The number of hydrogen-bond donors (Lipinski definition) is 2. The highest BCUT2D eigenvalue weighted by atomic mass is 16.3. The first kappa shape index (κ1) is 12.7. The molecule has 0 saturated carbocycles. The lowest BCUT2D eigenvalue weighted by molar-refractivity contribution is 0.223. The minimum atomic E-state index is 0.262. The second kappa shape index (κ2) is 5.69. The summed E-state index contributed by atoms with van der Waals surface area (Å²) in [4.78, 5) is 0. The molecular weight excluding hydrogens is 212 g/mol. The minimum absolute atomic E-state index is 0.262. The molecule has 3 nitrogen and oxygen atoms in total. The lowest BCUT2D eigenvalue weighted by Crippen LogP contribution is -2.16. The van der Waals surface area contributed by atoms with Gasteiger partial charge in [0, 0.05) is 31.6 Å². The molecule has 96 valence electrons. The number of rotatable bonds is 4. The van der Waals surface area contributed by atoms with Gasteiger partial charge in [0.15, 0.2) is 0 Å². The third-order valence-corrected chi connectivity index (χ3v) is 3.74. The van der Waals surface area contributed by atoms with Crippen LogP contribution in [-0.2, 0) is 13.0 Å². The van der Waals surface area contributed by atoms with Gasteiger partial charge in [-0.05, 0) is 43.4 Å². The van der Waals surface area contributed by atoms with Crippen LogP contribution < -0.4 is 5.32 Å². The molecule has 0 radical (unpaired) electrons. The molecule has 1 aromatic rings. The number of nitrogens with zero attached hydrogens (tertiary/aromatic N) is 1. The zero-order valence-corrected chi connectivity index (χ0v) is 10.9. The van der Waals surface area contributed by atoms with Crippen molar-refractivity contribution in [2.75, 3.05) is 13.7 Å². The minimum Gasteiger partial charge on any atom is -0.396 e. The number of aliphatic hydroxyl groups is 1. The topological polar surface area (TPSA) is 37.2 Å². The fourth-order valence-electron chi connectivity index (χ4n) is 2.74. The highest BCUT2D eigenvalue weighted by molar-refractivity contribution is 5.29. The third-order valence-electron chi connectivity index (χ3n) is 3.74. The molecule has 0 aromatic carbocycles. The van der Waals surface area contributed by atoms with Gasteiger partial charge < -0.3 is 15.0 Å². The predicted molar refractivity (Wildman–Crippen MR) is 70.0 cm³/mol. The molecule has 0 amide bonds. The summed E-state index contributed by atoms with van der Waals surface area (Å²) >= 11 is 0. The third kappa shape index (κ3) is 2.90. The molecule has 0 spiro atoms. The van der Waals surface area contributed by atoms with Crippen molar-refractivity contribution in [2.24, 2.45) is 5.92 Å². The molecule has 2 rings (SSSR count). The van der Waals surface area contributed by atoms with Gasteiger partial charge in [-0.3, -0.25) is 0 Å². The molecule has 0 saturated heterocycles. The summed E-state index contributed by atoms with van der Waals surface area (Å²) in [6, 6.07) is 0.512. The number of hydrogen-bond acceptors (Lipinski definition) is 2. The quantitative estimate of drug-likeness (QED) is 0.786. The Hall–Kier alpha value is -0.800. The Morgan fingerprint density at radius 2 is 2.29 bits per heavy atom. The predicted octanol–water partition coefficient (Wildman–Crippen LogP) is 2.10. The normalized spacial score (nSPS) is 21.9. The van der Waals surface area contributed by atoms with E-state index in [0.29, 0.717) is 12.0 Å². The van der Waals surface area contributed by atoms with Gasteiger partial charge in [-0.1, -0.05) is 13.3 Å². The average molecular weight is 236 g/mol. The van der Waals surface area contributed by atoms with Crippen LogP contribution in [0.1, 0.15) is 43.4 Å². The molecular formula is C14H24N2O. The van der Waals surface area contributed by atoms with Crippen molar-refractivity contribution in [3.63, 3.8) is 0 Å². The van der Waals surface area contributed by atoms with Crippen LogP contribution >= 0.6 is 0 Å². The molecule has 3 heteroatoms. The van der Waals surface area contributed by atoms with Gasteiger partial charge >= 0.3 is 0 Å². The maximum atomic E-state index is 9.12. The number of aryl methyl sites for hydroxylation is 1. The van der Waals surface area contributed by atoms with Gasteiger partial charge in [0.05, 0.1) is 0 Å². The Morgan fingerprint density at radius 3 is 3.00 bits per heavy atom. The highest BCUT2D eigenvalue weighted by Crippen LogP contribution is 2.29. The monoisotopic (exact) mass is 236 g/mol. The van der Waals surface area contributed by atoms with Crippen LogP contribution in [0.3, 0.4) is 0 Å². The van der Waals surface area contributed by atoms with Crippen molar-refractivity contribution >= 4 is 0 Å². The van der Waals surface area contributed by atoms with Crippen molar-refractivity contribution in [3.8, 4) is 0 Å². The van der Waals surface area contributed by atoms with E-state index in [2.05, 4.69) is 29.2 Å². The summed E-state index contributed by atoms with van der Waals surface area (Å²) in [7, 11) is 2.05. The summed E-state index contributed by atoms with van der Waals surface area (Å²) in [6.07, 6.45) is 9.60. The maximum absolute atomic E-state index is 9.12. The zero-order valence-electron chi connectivity index (χ0n) is 10.9. The molecule has 0 bridgehead atoms. The first-order valence-corrected chi connectivity index (χ1v) is 6.71. The molecule has 1 heterocycles. The largest absolute Gasteiger partial charge is 0.396 e. The van der Waals surface area contributed by atoms with Crippen LogP contribution in [-0.4, -0.2) is 23.3 Å². The Kier molecular flexibility index (Phi) is 4.24. The maximum Gasteiger partial charge on any atom is 0.0473 e. The van der Waals surface area contributed by atoms with E-state index in [4.69, 9.17) is 5.11 Å². The van der Waals surface area contributed by atoms with Crippen LogP contribution in [0, 0.1) is 5.92 Å². The van der Waals surface area contributed by atoms with Crippen molar-refractivity contribution in [2.45, 2.75) is 45.2 Å². The van der Waals surface area contributed by atoms with E-state index >= 15 is 0 Å². The van der Waals surface area contributed by atoms with Crippen LogP contribution in [0.2, 0.25) is 0 Å².